The molecule has 0 aromatic heterocycles. The van der Waals surface area contributed by atoms with Crippen LogP contribution in [0.2, 0.25) is 5.02 Å². The molecule has 138 valence electrons. The van der Waals surface area contributed by atoms with Crippen molar-refractivity contribution in [2.45, 2.75) is 30.8 Å². The third kappa shape index (κ3) is 3.71. The molecule has 5 nitrogen and oxygen atoms in total. The highest BCUT2D eigenvalue weighted by Gasteiger charge is 2.41. The van der Waals surface area contributed by atoms with Gasteiger partial charge in [-0.05, 0) is 41.3 Å². The minimum Gasteiger partial charge on any atom is -0.497 e. The molecule has 4 atom stereocenters. The van der Waals surface area contributed by atoms with Crippen LogP contribution in [0.1, 0.15) is 22.8 Å². The van der Waals surface area contributed by atoms with E-state index in [1.54, 1.807) is 19.2 Å². The van der Waals surface area contributed by atoms with Crippen molar-refractivity contribution in [3.63, 3.8) is 0 Å². The first-order chi connectivity index (χ1) is 12.4. The zero-order chi connectivity index (χ0) is 18.8. The largest absolute Gasteiger partial charge is 0.497 e. The lowest BCUT2D eigenvalue weighted by Crippen LogP contribution is -2.47. The maximum absolute atomic E-state index is 10.3. The Kier molecular flexibility index (Phi) is 5.53. The normalized spacial score (nSPS) is 25.7. The van der Waals surface area contributed by atoms with Gasteiger partial charge in [0.2, 0.25) is 0 Å². The monoisotopic (exact) mass is 376 g/mol. The van der Waals surface area contributed by atoms with E-state index < -0.39 is 24.4 Å². The Bertz CT molecular complexity index is 789. The summed E-state index contributed by atoms with van der Waals surface area (Å²) in [5, 5.41) is 30.6. The van der Waals surface area contributed by atoms with E-state index in [0.29, 0.717) is 17.0 Å². The average Bonchev–Trinajstić information content (AvgIpc) is 2.65. The van der Waals surface area contributed by atoms with Gasteiger partial charge in [0, 0.05) is 5.02 Å². The molecule has 1 heterocycles. The molecule has 3 N–H and O–H groups in total. The molecule has 0 aliphatic carbocycles. The number of hydrogen-bond acceptors (Lipinski definition) is 5. The summed E-state index contributed by atoms with van der Waals surface area (Å²) in [6, 6.07) is 13.0. The van der Waals surface area contributed by atoms with Crippen molar-refractivity contribution in [3.8, 4) is 5.75 Å². The molecular weight excluding hydrogens is 356 g/mol. The first kappa shape index (κ1) is 18.7. The number of aliphatic hydroxyl groups is 3. The van der Waals surface area contributed by atoms with Crippen molar-refractivity contribution < 1.29 is 24.8 Å². The van der Waals surface area contributed by atoms with Gasteiger partial charge in [0.1, 0.15) is 29.8 Å². The third-order valence-corrected chi connectivity index (χ3v) is 4.91. The van der Waals surface area contributed by atoms with Gasteiger partial charge in [-0.3, -0.25) is 0 Å². The van der Waals surface area contributed by atoms with Crippen LogP contribution in [-0.2, 0) is 11.2 Å². The molecule has 0 amide bonds. The molecule has 1 aliphatic heterocycles. The fraction of sp³-hybridized carbons (Fsp3) is 0.300. The molecule has 3 rings (SSSR count). The van der Waals surface area contributed by atoms with Crippen molar-refractivity contribution in [2.24, 2.45) is 0 Å². The fourth-order valence-corrected chi connectivity index (χ4v) is 3.18. The Hall–Kier alpha value is -2.05. The second-order valence-corrected chi connectivity index (χ2v) is 6.71. The van der Waals surface area contributed by atoms with Crippen molar-refractivity contribution >= 4 is 11.6 Å². The van der Waals surface area contributed by atoms with Crippen LogP contribution < -0.4 is 4.74 Å². The van der Waals surface area contributed by atoms with Crippen LogP contribution in [0.25, 0.3) is 0 Å². The quantitative estimate of drug-likeness (QED) is 0.764. The van der Waals surface area contributed by atoms with E-state index in [-0.39, 0.29) is 5.76 Å². The first-order valence-electron chi connectivity index (χ1n) is 8.21. The minimum absolute atomic E-state index is 0.0273. The maximum Gasteiger partial charge on any atom is 0.152 e. The minimum atomic E-state index is -1.36. The molecule has 4 unspecified atom stereocenters. The van der Waals surface area contributed by atoms with Gasteiger partial charge in [0.25, 0.3) is 0 Å². The zero-order valence-corrected chi connectivity index (χ0v) is 15.1. The fourth-order valence-electron chi connectivity index (χ4n) is 2.99. The molecule has 1 fully saturated rings. The molecule has 0 spiro atoms. The summed E-state index contributed by atoms with van der Waals surface area (Å²) in [5.41, 5.74) is 2.56. The van der Waals surface area contributed by atoms with Crippen molar-refractivity contribution in [3.05, 3.63) is 76.5 Å². The van der Waals surface area contributed by atoms with E-state index in [1.807, 2.05) is 30.3 Å². The van der Waals surface area contributed by atoms with Crippen LogP contribution in [-0.4, -0.2) is 40.7 Å². The Morgan fingerprint density at radius 3 is 2.42 bits per heavy atom. The average molecular weight is 377 g/mol. The highest BCUT2D eigenvalue weighted by atomic mass is 35.5. The molecule has 0 bridgehead atoms. The van der Waals surface area contributed by atoms with Gasteiger partial charge < -0.3 is 24.8 Å². The van der Waals surface area contributed by atoms with Crippen molar-refractivity contribution in [2.75, 3.05) is 7.11 Å². The third-order valence-electron chi connectivity index (χ3n) is 4.54. The number of rotatable bonds is 4. The Labute approximate surface area is 157 Å². The molecule has 2 aromatic carbocycles. The van der Waals surface area contributed by atoms with Gasteiger partial charge >= 0.3 is 0 Å². The highest BCUT2D eigenvalue weighted by molar-refractivity contribution is 6.31. The van der Waals surface area contributed by atoms with Gasteiger partial charge in [0.05, 0.1) is 7.11 Å². The number of benzene rings is 2. The molecule has 6 heteroatoms. The van der Waals surface area contributed by atoms with Gasteiger partial charge in [-0.1, -0.05) is 42.4 Å². The summed E-state index contributed by atoms with van der Waals surface area (Å²) in [6.45, 7) is 3.60. The number of methoxy groups -OCH3 is 1. The van der Waals surface area contributed by atoms with Crippen LogP contribution in [0.3, 0.4) is 0 Å². The summed E-state index contributed by atoms with van der Waals surface area (Å²) in [6.07, 6.45) is -4.18. The van der Waals surface area contributed by atoms with Crippen LogP contribution in [0.5, 0.6) is 5.75 Å². The van der Waals surface area contributed by atoms with Gasteiger partial charge in [-0.2, -0.15) is 0 Å². The van der Waals surface area contributed by atoms with E-state index in [4.69, 9.17) is 21.1 Å². The van der Waals surface area contributed by atoms with Crippen LogP contribution in [0, 0.1) is 0 Å². The summed E-state index contributed by atoms with van der Waals surface area (Å²) >= 11 is 6.33. The first-order valence-corrected chi connectivity index (χ1v) is 8.59. The molecule has 2 aromatic rings. The molecule has 26 heavy (non-hydrogen) atoms. The molecular formula is C20H21ClO5. The zero-order valence-electron chi connectivity index (χ0n) is 14.3. The number of halogens is 1. The van der Waals surface area contributed by atoms with E-state index in [1.165, 1.54) is 0 Å². The summed E-state index contributed by atoms with van der Waals surface area (Å²) < 4.78 is 10.7. The maximum atomic E-state index is 10.3. The second-order valence-electron chi connectivity index (χ2n) is 6.31. The number of aliphatic hydroxyl groups excluding tert-OH is 3. The predicted molar refractivity (Wildman–Crippen MR) is 98.2 cm³/mol. The van der Waals surface area contributed by atoms with Crippen molar-refractivity contribution in [1.29, 1.82) is 0 Å². The topological polar surface area (TPSA) is 79.2 Å². The standard InChI is InChI=1S/C20H21ClO5/c1-11-17(22)18(23)19(24)20(26-11)13-5-8-16(21)14(10-13)9-12-3-6-15(25-2)7-4-12/h3-8,10,17-20,22-24H,1,9H2,2H3. The van der Waals surface area contributed by atoms with Crippen LogP contribution in [0.15, 0.2) is 54.8 Å². The molecule has 1 aliphatic rings. The van der Waals surface area contributed by atoms with E-state index in [0.717, 1.165) is 16.9 Å². The van der Waals surface area contributed by atoms with Crippen LogP contribution >= 0.6 is 11.6 Å². The SMILES string of the molecule is C=C1OC(c2ccc(Cl)c(Cc3ccc(OC)cc3)c2)C(O)C(O)C1O. The predicted octanol–water partition coefficient (Wildman–Crippen LogP) is 2.61. The lowest BCUT2D eigenvalue weighted by atomic mass is 9.92. The highest BCUT2D eigenvalue weighted by Crippen LogP contribution is 2.35. The summed E-state index contributed by atoms with van der Waals surface area (Å²) in [4.78, 5) is 0. The summed E-state index contributed by atoms with van der Waals surface area (Å²) in [7, 11) is 1.62. The molecule has 0 radical (unpaired) electrons. The molecule has 0 saturated carbocycles. The number of hydrogen-bond donors (Lipinski definition) is 3. The van der Waals surface area contributed by atoms with Gasteiger partial charge in [-0.15, -0.1) is 0 Å². The van der Waals surface area contributed by atoms with E-state index in [9.17, 15) is 15.3 Å². The number of ether oxygens (including phenoxy) is 2. The Morgan fingerprint density at radius 2 is 1.77 bits per heavy atom. The van der Waals surface area contributed by atoms with Gasteiger partial charge in [-0.25, -0.2) is 0 Å². The van der Waals surface area contributed by atoms with Crippen LogP contribution in [0.4, 0.5) is 0 Å². The van der Waals surface area contributed by atoms with Crippen molar-refractivity contribution in [1.82, 2.24) is 0 Å². The van der Waals surface area contributed by atoms with E-state index in [2.05, 4.69) is 6.58 Å². The van der Waals surface area contributed by atoms with Gasteiger partial charge in [0.15, 0.2) is 6.10 Å². The summed E-state index contributed by atoms with van der Waals surface area (Å²) in [5.74, 6) is 0.804. The lowest BCUT2D eigenvalue weighted by Gasteiger charge is -2.37. The lowest BCUT2D eigenvalue weighted by molar-refractivity contribution is -0.157. The molecule has 1 saturated heterocycles. The smallest absolute Gasteiger partial charge is 0.152 e. The van der Waals surface area contributed by atoms with E-state index >= 15 is 0 Å². The Morgan fingerprint density at radius 1 is 1.08 bits per heavy atom. The Balaban J connectivity index is 1.86. The second kappa shape index (κ2) is 7.68.